The van der Waals surface area contributed by atoms with Gasteiger partial charge in [-0.05, 0) is 55.5 Å². The second-order valence-corrected chi connectivity index (χ2v) is 7.70. The average molecular weight is 1090 g/mol. The number of nitrogens with zero attached hydrogens (tertiary/aromatic N) is 1. The summed E-state index contributed by atoms with van der Waals surface area (Å²) in [5.41, 5.74) is 14.9. The van der Waals surface area contributed by atoms with Crippen LogP contribution in [0.25, 0.3) is 0 Å². The van der Waals surface area contributed by atoms with E-state index in [0.717, 1.165) is 6.92 Å². The number of ether oxygens (including phenoxy) is 3. The summed E-state index contributed by atoms with van der Waals surface area (Å²) in [5, 5.41) is 54.3. The number of carbonyl (C=O) groups excluding carboxylic acids is 5. The van der Waals surface area contributed by atoms with Gasteiger partial charge in [-0.25, -0.2) is 14.4 Å². The van der Waals surface area contributed by atoms with E-state index in [4.69, 9.17) is 37.0 Å². The van der Waals surface area contributed by atoms with Crippen molar-refractivity contribution in [3.8, 4) is 0 Å². The molecule has 0 heterocycles. The molecule has 0 saturated carbocycles. The van der Waals surface area contributed by atoms with Crippen LogP contribution in [0.4, 0.5) is 0 Å². The van der Waals surface area contributed by atoms with Crippen LogP contribution in [-0.4, -0.2) is 397 Å². The molecule has 30 heteroatoms. The van der Waals surface area contributed by atoms with Crippen molar-refractivity contribution in [3.05, 3.63) is 10.1 Å². The van der Waals surface area contributed by atoms with Crippen LogP contribution in [0, 0.1) is 10.1 Å². The summed E-state index contributed by atoms with van der Waals surface area (Å²) in [7, 11) is 2.95. The fourth-order valence-electron chi connectivity index (χ4n) is 1.55. The third kappa shape index (κ3) is 106. The number of rotatable bonds is 11. The van der Waals surface area contributed by atoms with E-state index in [0.29, 0.717) is 0 Å². The van der Waals surface area contributed by atoms with Crippen LogP contribution in [0.1, 0.15) is 65.7 Å². The number of amides is 1. The minimum absolute atomic E-state index is 0. The van der Waals surface area contributed by atoms with Crippen molar-refractivity contribution in [2.75, 3.05) is 47.1 Å². The summed E-state index contributed by atoms with van der Waals surface area (Å²) in [6.07, 6.45) is -3.82. The van der Waals surface area contributed by atoms with Gasteiger partial charge in [0.15, 0.2) is 6.10 Å². The predicted molar refractivity (Wildman–Crippen MR) is 222 cm³/mol. The second kappa shape index (κ2) is 102. The van der Waals surface area contributed by atoms with Crippen LogP contribution in [0.2, 0.25) is 0 Å². The number of aliphatic hydroxyl groups excluding tert-OH is 5. The van der Waals surface area contributed by atoms with E-state index < -0.39 is 65.2 Å². The molecule has 57 heavy (non-hydrogen) atoms. The van der Waals surface area contributed by atoms with Crippen LogP contribution in [0.5, 0.6) is 0 Å². The van der Waals surface area contributed by atoms with Crippen molar-refractivity contribution >= 4 is 283 Å². The molecule has 0 aliphatic rings. The summed E-state index contributed by atoms with van der Waals surface area (Å²) in [6.45, 7) is 13.6. The fraction of sp³-hybridized carbons (Fsp3) is 0.815. The van der Waals surface area contributed by atoms with Crippen LogP contribution in [0.3, 0.4) is 0 Å². The maximum absolute atomic E-state index is 10.7. The first-order chi connectivity index (χ1) is 25.3. The average Bonchev–Trinajstić information content (AvgIpc) is 3.18. The van der Waals surface area contributed by atoms with Gasteiger partial charge in [-0.2, -0.15) is 0 Å². The van der Waals surface area contributed by atoms with E-state index >= 15 is 0 Å². The first-order valence-corrected chi connectivity index (χ1v) is 82.0. The standard InChI is InChI=1S/C6H11NO5.C6H13NO3.C5H12N2O2.C4H6O3.2C2H6O.CH5N.CH4.10K.2H/c1-3-12-6(9)5(8)4(2)7(10)11;1-3-10-6(9)5(8)4(2)7;1-3(6)4(8)5(9)7-2;1-2-7-4(6)3-5;2*1-2-3;1-2;;;;;;;;;;;;;/h4-5,8H,3H2,1-2H3;4-5,8H,3,7H2,1-2H3;3-4,8H,6H2,1-2H3,(H,7,9);3H,2H2,1H3;2*3H,2H2,1H3;2H2,1H3;1H4;;;;;;;;;;;;/q;;;;;;;;;;;;;;;;2*+1;2*-1. The Morgan fingerprint density at radius 3 is 1.09 bits per heavy atom. The molecule has 12 N–H and O–H groups in total. The van der Waals surface area contributed by atoms with E-state index in [1.54, 1.807) is 48.5 Å². The molecule has 0 radical (unpaired) electrons. The molecule has 20 nitrogen and oxygen atoms in total. The van der Waals surface area contributed by atoms with Crippen LogP contribution >= 0.6 is 0 Å². The van der Waals surface area contributed by atoms with Crippen molar-refractivity contribution in [2.24, 2.45) is 17.2 Å². The molecular formula is C27H65K10N5O15. The number of hydrogen-bond acceptors (Lipinski definition) is 18. The van der Waals surface area contributed by atoms with Gasteiger partial charge in [0.25, 0.3) is 0 Å². The zero-order chi connectivity index (χ0) is 46.4. The van der Waals surface area contributed by atoms with E-state index in [2.05, 4.69) is 25.3 Å². The number of nitrogens with two attached hydrogens (primary N) is 3. The second-order valence-electron chi connectivity index (χ2n) is 7.70. The van der Waals surface area contributed by atoms with Crippen molar-refractivity contribution in [1.29, 1.82) is 0 Å². The molecule has 0 spiro atoms. The topological polar surface area (TPSA) is 347 Å². The van der Waals surface area contributed by atoms with Gasteiger partial charge < -0.3 is 65.1 Å². The summed E-state index contributed by atoms with van der Waals surface area (Å²) in [4.78, 5) is 60.5. The SMILES string of the molecule is C.CCO.CCO.CCOC(=O)C(O)C(C)N.CCOC(=O)C(O)C(C)[N+](=O)[O-].CCOC(=O)C=O.CN.CNC(=O)C(O)C(C)N.[H-].[H-].[K+].[K+].[K][K].[K][K].[K][K].[K][K]. The molecule has 6 atom stereocenters. The van der Waals surface area contributed by atoms with Crippen molar-refractivity contribution in [3.63, 3.8) is 0 Å². The molecule has 0 aromatic heterocycles. The Kier molecular flexibility index (Phi) is 190. The number of nitrogens with one attached hydrogen (secondary N) is 1. The van der Waals surface area contributed by atoms with Crippen molar-refractivity contribution in [2.45, 2.75) is 99.3 Å². The summed E-state index contributed by atoms with van der Waals surface area (Å²) in [6, 6.07) is -2.41. The van der Waals surface area contributed by atoms with Gasteiger partial charge in [0.2, 0.25) is 24.3 Å². The number of carbonyl (C=O) groups is 5. The van der Waals surface area contributed by atoms with E-state index in [1.807, 2.05) is 0 Å². The van der Waals surface area contributed by atoms with Crippen LogP contribution in [0.15, 0.2) is 0 Å². The first kappa shape index (κ1) is 106. The van der Waals surface area contributed by atoms with Crippen LogP contribution < -0.4 is 125 Å². The van der Waals surface area contributed by atoms with Gasteiger partial charge in [0.1, 0.15) is 6.10 Å². The van der Waals surface area contributed by atoms with E-state index in [9.17, 15) is 34.1 Å². The number of nitro groups is 1. The molecular weight excluding hydrogens is 1030 g/mol. The Hall–Kier alpha value is 13.0. The first-order valence-electron chi connectivity index (χ1n) is 18.0. The quantitative estimate of drug-likeness (QED) is 0.0176. The number of hydrogen-bond donors (Lipinski definition) is 9. The third-order valence-corrected chi connectivity index (χ3v) is 3.74. The Morgan fingerprint density at radius 1 is 0.702 bits per heavy atom. The molecule has 0 fully saturated rings. The molecule has 0 aromatic carbocycles. The van der Waals surface area contributed by atoms with Gasteiger partial charge >= 0.3 is 373 Å². The predicted octanol–water partition coefficient (Wildman–Crippen LogP) is -11.6. The van der Waals surface area contributed by atoms with Gasteiger partial charge in [-0.1, -0.05) is 7.43 Å². The summed E-state index contributed by atoms with van der Waals surface area (Å²) in [5.74, 6) is -2.85. The minimum atomic E-state index is -1.68. The normalized spacial score (nSPS) is 10.8. The Bertz CT molecular complexity index is 794. The molecule has 0 saturated heterocycles. The van der Waals surface area contributed by atoms with Gasteiger partial charge in [-0.3, -0.25) is 19.7 Å². The number of aliphatic hydroxyl groups is 5. The number of esters is 3. The molecule has 0 aliphatic heterocycles. The van der Waals surface area contributed by atoms with E-state index in [1.165, 1.54) is 267 Å². The van der Waals surface area contributed by atoms with Gasteiger partial charge in [0.05, 0.1) is 19.8 Å². The third-order valence-electron chi connectivity index (χ3n) is 3.74. The Morgan fingerprint density at radius 2 is 0.947 bits per heavy atom. The van der Waals surface area contributed by atoms with E-state index in [-0.39, 0.29) is 152 Å². The molecule has 298 valence electrons. The summed E-state index contributed by atoms with van der Waals surface area (Å²) < 4.78 is 13.1. The monoisotopic (exact) mass is 1090 g/mol. The molecule has 6 unspecified atom stereocenters. The van der Waals surface area contributed by atoms with Crippen molar-refractivity contribution < 1.29 is 174 Å². The molecule has 1 amide bonds. The maximum atomic E-state index is 10.7. The Balaban J connectivity index is -0.0000000262. The molecule has 0 aliphatic carbocycles. The molecule has 0 aromatic rings. The van der Waals surface area contributed by atoms with Crippen LogP contribution in [-0.2, 0) is 38.2 Å². The molecule has 0 rings (SSSR count). The zero-order valence-corrected chi connectivity index (χ0v) is 69.8. The Labute approximate surface area is 611 Å². The van der Waals surface area contributed by atoms with Gasteiger partial charge in [0, 0.05) is 44.2 Å². The zero-order valence-electron chi connectivity index (χ0n) is 40.6. The van der Waals surface area contributed by atoms with Crippen molar-refractivity contribution in [1.82, 2.24) is 5.32 Å². The number of likely N-dealkylation sites (N-methyl/N-ethyl adjacent to an activating group) is 1. The number of aldehydes is 1. The molecule has 0 bridgehead atoms. The summed E-state index contributed by atoms with van der Waals surface area (Å²) >= 11 is 10.0. The fourth-order valence-corrected chi connectivity index (χ4v) is 1.55. The van der Waals surface area contributed by atoms with Gasteiger partial charge in [-0.15, -0.1) is 0 Å².